The van der Waals surface area contributed by atoms with Gasteiger partial charge in [-0.25, -0.2) is 9.78 Å². The van der Waals surface area contributed by atoms with Crippen LogP contribution in [0.1, 0.15) is 30.3 Å². The van der Waals surface area contributed by atoms with Crippen LogP contribution in [0.4, 0.5) is 4.79 Å². The number of alkyl carbamates (subject to hydrolysis) is 1. The Morgan fingerprint density at radius 3 is 2.81 bits per heavy atom. The first kappa shape index (κ1) is 20.6. The van der Waals surface area contributed by atoms with Gasteiger partial charge < -0.3 is 19.9 Å². The van der Waals surface area contributed by atoms with E-state index in [2.05, 4.69) is 20.3 Å². The van der Waals surface area contributed by atoms with Gasteiger partial charge in [-0.15, -0.1) is 0 Å². The van der Waals surface area contributed by atoms with Crippen LogP contribution in [0.3, 0.4) is 0 Å². The molecule has 0 radical (unpaired) electrons. The molecular weight excluding hydrogens is 394 g/mol. The fourth-order valence-electron chi connectivity index (χ4n) is 3.94. The van der Waals surface area contributed by atoms with Crippen LogP contribution in [0, 0.1) is 0 Å². The summed E-state index contributed by atoms with van der Waals surface area (Å²) in [6, 6.07) is 12.7. The van der Waals surface area contributed by atoms with E-state index in [0.29, 0.717) is 13.0 Å². The number of nitrogens with one attached hydrogen (secondary N) is 2. The number of aromatic nitrogens is 3. The minimum atomic E-state index is -0.749. The number of carbonyl (C=O) groups excluding carboxylic acids is 2. The van der Waals surface area contributed by atoms with E-state index in [9.17, 15) is 9.59 Å². The lowest BCUT2D eigenvalue weighted by Gasteiger charge is -2.28. The molecule has 1 aliphatic rings. The van der Waals surface area contributed by atoms with Gasteiger partial charge in [-0.1, -0.05) is 36.4 Å². The number of amides is 2. The number of pyridine rings is 1. The minimum Gasteiger partial charge on any atom is -0.453 e. The second-order valence-corrected chi connectivity index (χ2v) is 7.49. The fourth-order valence-corrected chi connectivity index (χ4v) is 3.94. The minimum absolute atomic E-state index is 0.158. The van der Waals surface area contributed by atoms with Crippen LogP contribution in [0.25, 0.3) is 11.3 Å². The highest BCUT2D eigenvalue weighted by molar-refractivity contribution is 5.86. The number of rotatable bonds is 6. The van der Waals surface area contributed by atoms with Gasteiger partial charge in [0.2, 0.25) is 5.91 Å². The molecule has 160 valence electrons. The molecule has 0 aliphatic carbocycles. The topological polar surface area (TPSA) is 100 Å². The van der Waals surface area contributed by atoms with Crippen LogP contribution < -0.4 is 5.32 Å². The summed E-state index contributed by atoms with van der Waals surface area (Å²) < 4.78 is 4.74. The van der Waals surface area contributed by atoms with E-state index >= 15 is 0 Å². The molecule has 0 spiro atoms. The van der Waals surface area contributed by atoms with Crippen LogP contribution in [0.15, 0.2) is 61.1 Å². The maximum atomic E-state index is 13.5. The van der Waals surface area contributed by atoms with Gasteiger partial charge in [0, 0.05) is 25.4 Å². The number of nitrogens with zero attached hydrogens (tertiary/aromatic N) is 3. The van der Waals surface area contributed by atoms with Crippen molar-refractivity contribution in [3.05, 3.63) is 72.4 Å². The lowest BCUT2D eigenvalue weighted by atomic mass is 10.1. The molecule has 8 nitrogen and oxygen atoms in total. The first-order valence-electron chi connectivity index (χ1n) is 10.3. The van der Waals surface area contributed by atoms with Crippen LogP contribution >= 0.6 is 0 Å². The average Bonchev–Trinajstić information content (AvgIpc) is 3.49. The zero-order valence-electron chi connectivity index (χ0n) is 17.3. The molecule has 1 aromatic carbocycles. The number of carbonyl (C=O) groups is 2. The number of H-pyrrole nitrogens is 1. The summed E-state index contributed by atoms with van der Waals surface area (Å²) in [6.07, 6.45) is 6.54. The lowest BCUT2D eigenvalue weighted by Crippen LogP contribution is -2.49. The van der Waals surface area contributed by atoms with E-state index in [1.165, 1.54) is 7.11 Å². The predicted molar refractivity (Wildman–Crippen MR) is 115 cm³/mol. The summed E-state index contributed by atoms with van der Waals surface area (Å²) in [6.45, 7) is 0.608. The molecule has 2 atom stereocenters. The third-order valence-corrected chi connectivity index (χ3v) is 5.47. The van der Waals surface area contributed by atoms with Crippen molar-refractivity contribution in [3.63, 3.8) is 0 Å². The Balaban J connectivity index is 1.54. The van der Waals surface area contributed by atoms with Gasteiger partial charge in [0.15, 0.2) is 0 Å². The van der Waals surface area contributed by atoms with Gasteiger partial charge in [0.1, 0.15) is 11.9 Å². The molecule has 3 aromatic rings. The zero-order valence-corrected chi connectivity index (χ0v) is 17.3. The summed E-state index contributed by atoms with van der Waals surface area (Å²) in [5, 5.41) is 2.68. The predicted octanol–water partition coefficient (Wildman–Crippen LogP) is 3.10. The van der Waals surface area contributed by atoms with Crippen molar-refractivity contribution in [2.24, 2.45) is 0 Å². The molecule has 1 fully saturated rings. The SMILES string of the molecule is COC(=O)N[C@@H](Cc1cccnc1)C(=O)N1CCC[C@H]1c1ncc(-c2ccccc2)[nH]1. The highest BCUT2D eigenvalue weighted by Gasteiger charge is 2.36. The van der Waals surface area contributed by atoms with Crippen LogP contribution in [0.5, 0.6) is 0 Å². The van der Waals surface area contributed by atoms with Crippen molar-refractivity contribution in [2.75, 3.05) is 13.7 Å². The smallest absolute Gasteiger partial charge is 0.407 e. The molecule has 0 unspecified atom stereocenters. The summed E-state index contributed by atoms with van der Waals surface area (Å²) in [7, 11) is 1.29. The molecule has 2 amide bonds. The number of methoxy groups -OCH3 is 1. The second kappa shape index (κ2) is 9.42. The van der Waals surface area contributed by atoms with E-state index in [0.717, 1.165) is 35.5 Å². The van der Waals surface area contributed by atoms with E-state index < -0.39 is 12.1 Å². The molecule has 4 rings (SSSR count). The van der Waals surface area contributed by atoms with Crippen molar-refractivity contribution in [2.45, 2.75) is 31.3 Å². The second-order valence-electron chi connectivity index (χ2n) is 7.49. The molecule has 2 aromatic heterocycles. The number of aromatic amines is 1. The van der Waals surface area contributed by atoms with Crippen molar-refractivity contribution in [1.29, 1.82) is 0 Å². The molecule has 1 aliphatic heterocycles. The number of likely N-dealkylation sites (tertiary alicyclic amines) is 1. The zero-order chi connectivity index (χ0) is 21.6. The molecule has 8 heteroatoms. The quantitative estimate of drug-likeness (QED) is 0.639. The number of hydrogen-bond acceptors (Lipinski definition) is 5. The van der Waals surface area contributed by atoms with E-state index in [4.69, 9.17) is 4.74 Å². The average molecular weight is 419 g/mol. The van der Waals surface area contributed by atoms with Crippen LogP contribution in [-0.2, 0) is 16.0 Å². The van der Waals surface area contributed by atoms with Gasteiger partial charge >= 0.3 is 6.09 Å². The summed E-state index contributed by atoms with van der Waals surface area (Å²) in [5.74, 6) is 0.595. The summed E-state index contributed by atoms with van der Waals surface area (Å²) >= 11 is 0. The lowest BCUT2D eigenvalue weighted by molar-refractivity contribution is -0.134. The molecular formula is C23H25N5O3. The molecule has 0 bridgehead atoms. The molecule has 2 N–H and O–H groups in total. The number of ether oxygens (including phenoxy) is 1. The van der Waals surface area contributed by atoms with E-state index in [-0.39, 0.29) is 11.9 Å². The monoisotopic (exact) mass is 419 g/mol. The van der Waals surface area contributed by atoms with Gasteiger partial charge in [-0.2, -0.15) is 0 Å². The van der Waals surface area contributed by atoms with E-state index in [1.807, 2.05) is 42.5 Å². The van der Waals surface area contributed by atoms with Crippen molar-refractivity contribution < 1.29 is 14.3 Å². The van der Waals surface area contributed by atoms with Gasteiger partial charge in [0.05, 0.1) is 25.0 Å². The molecule has 31 heavy (non-hydrogen) atoms. The largest absolute Gasteiger partial charge is 0.453 e. The molecule has 3 heterocycles. The molecule has 1 saturated heterocycles. The first-order chi connectivity index (χ1) is 15.2. The maximum absolute atomic E-state index is 13.5. The third-order valence-electron chi connectivity index (χ3n) is 5.47. The normalized spacial score (nSPS) is 16.7. The van der Waals surface area contributed by atoms with Crippen LogP contribution in [-0.4, -0.2) is 51.5 Å². The fraction of sp³-hybridized carbons (Fsp3) is 0.304. The van der Waals surface area contributed by atoms with Crippen molar-refractivity contribution >= 4 is 12.0 Å². The Kier molecular flexibility index (Phi) is 6.26. The summed E-state index contributed by atoms with van der Waals surface area (Å²) in [4.78, 5) is 39.2. The highest BCUT2D eigenvalue weighted by atomic mass is 16.5. The van der Waals surface area contributed by atoms with Crippen LogP contribution in [0.2, 0.25) is 0 Å². The van der Waals surface area contributed by atoms with Crippen molar-refractivity contribution in [3.8, 4) is 11.3 Å². The highest BCUT2D eigenvalue weighted by Crippen LogP contribution is 2.32. The third kappa shape index (κ3) is 4.74. The Labute approximate surface area is 180 Å². The number of hydrogen-bond donors (Lipinski definition) is 2. The summed E-state index contributed by atoms with van der Waals surface area (Å²) in [5.41, 5.74) is 2.81. The standard InChI is InChI=1S/C23H25N5O3/c1-31-23(30)27-18(13-16-7-5-11-24-14-16)22(29)28-12-6-10-20(28)21-25-15-19(26-21)17-8-3-2-4-9-17/h2-5,7-9,11,14-15,18,20H,6,10,12-13H2,1H3,(H,25,26)(H,27,30)/t18-,20-/m0/s1. The number of imidazole rings is 1. The van der Waals surface area contributed by atoms with E-state index in [1.54, 1.807) is 23.5 Å². The van der Waals surface area contributed by atoms with Crippen molar-refractivity contribution in [1.82, 2.24) is 25.2 Å². The Hall–Kier alpha value is -3.68. The molecule has 0 saturated carbocycles. The van der Waals surface area contributed by atoms with Gasteiger partial charge in [-0.05, 0) is 30.0 Å². The Bertz CT molecular complexity index is 1020. The first-order valence-corrected chi connectivity index (χ1v) is 10.3. The van der Waals surface area contributed by atoms with Gasteiger partial charge in [-0.3, -0.25) is 9.78 Å². The Morgan fingerprint density at radius 1 is 1.23 bits per heavy atom. The Morgan fingerprint density at radius 2 is 2.06 bits per heavy atom. The maximum Gasteiger partial charge on any atom is 0.407 e. The van der Waals surface area contributed by atoms with Gasteiger partial charge in [0.25, 0.3) is 0 Å². The number of benzene rings is 1.